The van der Waals surface area contributed by atoms with Crippen LogP contribution in [0, 0.1) is 38.1 Å². The van der Waals surface area contributed by atoms with Gasteiger partial charge in [0.2, 0.25) is 5.95 Å². The fourth-order valence-corrected chi connectivity index (χ4v) is 14.5. The zero-order chi connectivity index (χ0) is 93.3. The molecule has 0 atom stereocenters. The van der Waals surface area contributed by atoms with Gasteiger partial charge in [-0.2, -0.15) is 30.0 Å². The minimum atomic E-state index is -0.279. The van der Waals surface area contributed by atoms with Crippen LogP contribution in [0.2, 0.25) is 0 Å². The van der Waals surface area contributed by atoms with Crippen molar-refractivity contribution in [1.82, 2.24) is 74.4 Å². The fourth-order valence-electron chi connectivity index (χ4n) is 12.3. The lowest BCUT2D eigenvalue weighted by Crippen LogP contribution is -2.09. The molecule has 11 aromatic rings. The van der Waals surface area contributed by atoms with Gasteiger partial charge in [0.1, 0.15) is 17.5 Å². The lowest BCUT2D eigenvalue weighted by Gasteiger charge is -2.17. The molecule has 678 valence electrons. The van der Waals surface area contributed by atoms with Crippen molar-refractivity contribution in [1.29, 1.82) is 5.26 Å². The summed E-state index contributed by atoms with van der Waals surface area (Å²) in [6.45, 7) is 92.2. The van der Waals surface area contributed by atoms with Crippen LogP contribution in [0.25, 0.3) is 10.2 Å². The van der Waals surface area contributed by atoms with E-state index >= 15 is 0 Å². The highest BCUT2D eigenvalue weighted by molar-refractivity contribution is 7.18. The molecule has 0 saturated heterocycles. The van der Waals surface area contributed by atoms with Gasteiger partial charge >= 0.3 is 0 Å². The molecule has 11 rings (SSSR count). The quantitative estimate of drug-likeness (QED) is 0.0758. The molecule has 0 amide bonds. The Morgan fingerprint density at radius 2 is 0.984 bits per heavy atom. The maximum atomic E-state index is 13.1. The third-order valence-corrected chi connectivity index (χ3v) is 23.2. The number of hydrogen-bond acceptors (Lipinski definition) is 14. The maximum Gasteiger partial charge on any atom is 0.227 e. The van der Waals surface area contributed by atoms with Gasteiger partial charge in [-0.15, -0.1) is 27.8 Å². The minimum absolute atomic E-state index is 0.245. The Kier molecular flexibility index (Phi) is 47.8. The number of pyridine rings is 1. The topological polar surface area (TPSA) is 201 Å². The Labute approximate surface area is 748 Å². The molecule has 0 aliphatic carbocycles. The second kappa shape index (κ2) is 53.1. The number of fused-ring (bicyclic) bond motifs is 1. The molecule has 17 nitrogen and oxygen atoms in total. The molecule has 0 radical (unpaired) electrons. The van der Waals surface area contributed by atoms with E-state index in [1.807, 2.05) is 82.2 Å². The van der Waals surface area contributed by atoms with Gasteiger partial charge in [-0.25, -0.2) is 14.6 Å². The van der Waals surface area contributed by atoms with E-state index in [-0.39, 0.29) is 11.9 Å². The van der Waals surface area contributed by atoms with Crippen molar-refractivity contribution < 1.29 is 8.91 Å². The van der Waals surface area contributed by atoms with Crippen molar-refractivity contribution in [3.63, 3.8) is 0 Å². The van der Waals surface area contributed by atoms with Crippen LogP contribution in [0.4, 0.5) is 4.39 Å². The van der Waals surface area contributed by atoms with E-state index in [0.29, 0.717) is 113 Å². The molecule has 10 heterocycles. The van der Waals surface area contributed by atoms with E-state index in [1.165, 1.54) is 71.9 Å². The number of halogens is 1. The molecule has 0 unspecified atom stereocenters. The smallest absolute Gasteiger partial charge is 0.227 e. The third kappa shape index (κ3) is 35.8. The van der Waals surface area contributed by atoms with Gasteiger partial charge in [0.25, 0.3) is 0 Å². The second-order valence-corrected chi connectivity index (χ2v) is 40.4. The molecule has 0 spiro atoms. The molecule has 0 saturated carbocycles. The van der Waals surface area contributed by atoms with Crippen LogP contribution in [-0.4, -0.2) is 74.4 Å². The number of aromatic amines is 1. The average molecular weight is 1710 g/mol. The largest absolute Gasteiger partial charge is 0.361 e. The summed E-state index contributed by atoms with van der Waals surface area (Å²) in [7, 11) is 0. The lowest BCUT2D eigenvalue weighted by atomic mass is 10.0. The van der Waals surface area contributed by atoms with Gasteiger partial charge in [-0.1, -0.05) is 244 Å². The van der Waals surface area contributed by atoms with Crippen molar-refractivity contribution in [3.8, 4) is 6.07 Å². The van der Waals surface area contributed by atoms with E-state index in [9.17, 15) is 4.39 Å². The number of aromatic nitrogens is 15. The Hall–Kier alpha value is -8.28. The summed E-state index contributed by atoms with van der Waals surface area (Å²) in [5.74, 6) is 8.64. The highest BCUT2D eigenvalue weighted by Gasteiger charge is 2.20. The molecule has 10 aromatic heterocycles. The highest BCUT2D eigenvalue weighted by atomic mass is 32.1. The Morgan fingerprint density at radius 3 is 1.36 bits per heavy atom. The van der Waals surface area contributed by atoms with Crippen molar-refractivity contribution in [2.24, 2.45) is 0 Å². The Bertz CT molecular complexity index is 4440. The van der Waals surface area contributed by atoms with Gasteiger partial charge in [-0.05, 0) is 230 Å². The molecule has 20 heteroatoms. The number of H-pyrrole nitrogens is 1. The summed E-state index contributed by atoms with van der Waals surface area (Å²) >= 11 is 3.34. The molecule has 0 fully saturated rings. The van der Waals surface area contributed by atoms with E-state index < -0.39 is 0 Å². The SMILES string of the molecule is CC(C)c1cc(C(C)C)[nH]n1.CC(C)c1cc(C(C)C)on1.CC(C)c1ccnc(C(C)C)c1.CC(C)c1cn(C(C)C)nn1.CC(C)c1cnnc(C(C)C)c1.CC(C)c1nc(F)c(C(C)C)s1.CC(C)c1nc2cccc(C(C)C)c2s1.Cc1cc(C(C)C)n(C(C)C)c1C#N.Cc1cc(C(C)C)n(C(C)C)n1.Cc1ccc(C(C)C)n1C(C)C. The van der Waals surface area contributed by atoms with Crippen molar-refractivity contribution >= 4 is 32.9 Å². The molecular formula is C102H165FN16OS2. The first-order valence-electron chi connectivity index (χ1n) is 45.3. The van der Waals surface area contributed by atoms with Gasteiger partial charge in [0.05, 0.1) is 59.8 Å². The Balaban J connectivity index is 0.000000460. The zero-order valence-electron chi connectivity index (χ0n) is 84.0. The van der Waals surface area contributed by atoms with Crippen LogP contribution < -0.4 is 0 Å². The lowest BCUT2D eigenvalue weighted by molar-refractivity contribution is 0.363. The predicted octanol–water partition coefficient (Wildman–Crippen LogP) is 31.5. The van der Waals surface area contributed by atoms with Crippen LogP contribution in [0.1, 0.15) is 507 Å². The number of nitrogens with zero attached hydrogens (tertiary/aromatic N) is 15. The van der Waals surface area contributed by atoms with Gasteiger partial charge in [-0.3, -0.25) is 14.8 Å². The van der Waals surface area contributed by atoms with E-state index in [0.717, 1.165) is 60.9 Å². The first-order chi connectivity index (χ1) is 56.7. The number of nitriles is 1. The first kappa shape index (κ1) is 110. The molecule has 0 bridgehead atoms. The average Bonchev–Trinajstić information content (AvgIpc) is 1.67. The van der Waals surface area contributed by atoms with Crippen molar-refractivity contribution in [3.05, 3.63) is 209 Å². The number of aryl methyl sites for hydroxylation is 3. The standard InChI is InChI=1S/C13H17NS.C12H18N2.C11H19N.C11H17N.C10H18N2.C10H16N2.C9H14FNS.C9H16N2.C9H15NO.C8H15N3/c1-8(2)10-6-5-7-11-12(10)15-13(14-11)9(3)4;1-8(2)11-6-10(5)12(7-13)14(11)9(3)4;1-8(2)11-7-6-10(5)12(11)9(3)4;1-8(2)10-5-6-12-11(7-10)9(3)4;1-7(2)10-6-9(5)11-12(10)8(3)4;1-7(2)9-5-10(8(3)4)12-11-6-9;1-5(2)7-8(10)11-9(12-7)6(3)4;2*1-6(2)8-5-9(7(3)4)11-10-8;1-6(2)8-5-11(7(3)4)10-9-8/h5-9H,1-4H3;6,8-9H,1-5H3;6-9H,1-5H3;5-9H,1-4H3;6-8H,1-5H3;5-8H,1-4H3;5-6H,1-4H3;5-7H,1-4H3,(H,10,11);2*5-7H,1-4H3. The predicted molar refractivity (Wildman–Crippen MR) is 520 cm³/mol. The summed E-state index contributed by atoms with van der Waals surface area (Å²) in [4.78, 5) is 13.7. The van der Waals surface area contributed by atoms with Crippen molar-refractivity contribution in [2.75, 3.05) is 0 Å². The third-order valence-electron chi connectivity index (χ3n) is 20.1. The number of rotatable bonds is 20. The minimum Gasteiger partial charge on any atom is -0.361 e. The van der Waals surface area contributed by atoms with Crippen LogP contribution in [0.5, 0.6) is 0 Å². The number of hydrogen-bond donors (Lipinski definition) is 1. The molecule has 0 aliphatic rings. The van der Waals surface area contributed by atoms with Crippen LogP contribution >= 0.6 is 22.7 Å². The summed E-state index contributed by atoms with van der Waals surface area (Å²) in [6, 6.07) is 29.9. The number of nitrogens with one attached hydrogen (secondary N) is 1. The molecule has 0 aliphatic heterocycles. The van der Waals surface area contributed by atoms with Gasteiger partial charge < -0.3 is 13.7 Å². The normalized spacial score (nSPS) is 11.4. The molecular weight excluding hydrogens is 1550 g/mol. The summed E-state index contributed by atoms with van der Waals surface area (Å²) in [5, 5.41) is 43.0. The van der Waals surface area contributed by atoms with Crippen molar-refractivity contribution in [2.45, 2.75) is 417 Å². The van der Waals surface area contributed by atoms with E-state index in [4.69, 9.17) is 9.78 Å². The molecule has 1 aromatic carbocycles. The van der Waals surface area contributed by atoms with Crippen LogP contribution in [-0.2, 0) is 0 Å². The Morgan fingerprint density at radius 1 is 0.443 bits per heavy atom. The number of thiazole rings is 2. The summed E-state index contributed by atoms with van der Waals surface area (Å²) in [5.41, 5.74) is 20.5. The van der Waals surface area contributed by atoms with Gasteiger partial charge in [0.15, 0.2) is 0 Å². The maximum absolute atomic E-state index is 13.1. The summed E-state index contributed by atoms with van der Waals surface area (Å²) in [6.07, 6.45) is 5.76. The molecule has 1 N–H and O–H groups in total. The monoisotopic (exact) mass is 1710 g/mol. The highest BCUT2D eigenvalue weighted by Crippen LogP contribution is 2.35. The summed E-state index contributed by atoms with van der Waals surface area (Å²) < 4.78 is 28.2. The van der Waals surface area contributed by atoms with Gasteiger partial charge in [0, 0.05) is 94.5 Å². The number of benzene rings is 1. The first-order valence-corrected chi connectivity index (χ1v) is 47.0. The zero-order valence-corrected chi connectivity index (χ0v) is 85.7. The van der Waals surface area contributed by atoms with Crippen LogP contribution in [0.15, 0.2) is 95.9 Å². The fraction of sp³-hybridized carbons (Fsp3) is 0.618. The van der Waals surface area contributed by atoms with Crippen LogP contribution in [0.3, 0.4) is 0 Å². The molecule has 122 heavy (non-hydrogen) atoms. The second-order valence-electron chi connectivity index (χ2n) is 38.3. The van der Waals surface area contributed by atoms with E-state index in [2.05, 4.69) is 399 Å². The van der Waals surface area contributed by atoms with E-state index in [1.54, 1.807) is 0 Å².